The van der Waals surface area contributed by atoms with Gasteiger partial charge in [0.05, 0.1) is 16.8 Å². The Morgan fingerprint density at radius 1 is 1.07 bits per heavy atom. The molecule has 2 aromatic heterocycles. The number of rotatable bonds is 6. The summed E-state index contributed by atoms with van der Waals surface area (Å²) >= 11 is 1.52. The molecule has 2 heterocycles. The molecule has 1 amide bonds. The number of benzene rings is 2. The van der Waals surface area contributed by atoms with E-state index in [-0.39, 0.29) is 12.5 Å². The van der Waals surface area contributed by atoms with Gasteiger partial charge >= 0.3 is 0 Å². The van der Waals surface area contributed by atoms with E-state index in [2.05, 4.69) is 24.0 Å². The standard InChI is InChI=1S/C24H23N3O2S/c1-16-6-4-8-20(11-16)29-15-22(28)27(14-19-7-5-9-25-13-19)24-26-23-18(3)10-17(2)12-21(23)30-24/h4-13H,14-15H2,1-3H3. The predicted molar refractivity (Wildman–Crippen MR) is 121 cm³/mol. The first-order chi connectivity index (χ1) is 14.5. The van der Waals surface area contributed by atoms with Crippen LogP contribution in [0.25, 0.3) is 10.2 Å². The number of thiazole rings is 1. The number of hydrogen-bond donors (Lipinski definition) is 0. The van der Waals surface area contributed by atoms with Crippen LogP contribution in [0.1, 0.15) is 22.3 Å². The number of fused-ring (bicyclic) bond motifs is 1. The number of amides is 1. The van der Waals surface area contributed by atoms with Crippen LogP contribution in [0.4, 0.5) is 5.13 Å². The lowest BCUT2D eigenvalue weighted by Gasteiger charge is -2.20. The van der Waals surface area contributed by atoms with E-state index >= 15 is 0 Å². The largest absolute Gasteiger partial charge is 0.484 e. The summed E-state index contributed by atoms with van der Waals surface area (Å²) in [5, 5.41) is 0.667. The maximum absolute atomic E-state index is 13.2. The molecule has 0 fully saturated rings. The molecule has 0 unspecified atom stereocenters. The van der Waals surface area contributed by atoms with E-state index in [1.54, 1.807) is 17.3 Å². The monoisotopic (exact) mass is 417 g/mol. The highest BCUT2D eigenvalue weighted by molar-refractivity contribution is 7.22. The van der Waals surface area contributed by atoms with Gasteiger partial charge in [-0.15, -0.1) is 0 Å². The second-order valence-corrected chi connectivity index (χ2v) is 8.38. The molecule has 4 aromatic rings. The van der Waals surface area contributed by atoms with Gasteiger partial charge in [-0.1, -0.05) is 35.6 Å². The molecule has 0 radical (unpaired) electrons. The Balaban J connectivity index is 1.64. The fraction of sp³-hybridized carbons (Fsp3) is 0.208. The van der Waals surface area contributed by atoms with Gasteiger partial charge in [0.15, 0.2) is 11.7 Å². The number of ether oxygens (including phenoxy) is 1. The maximum Gasteiger partial charge on any atom is 0.267 e. The summed E-state index contributed by atoms with van der Waals surface area (Å²) < 4.78 is 6.85. The van der Waals surface area contributed by atoms with Crippen LogP contribution >= 0.6 is 11.3 Å². The van der Waals surface area contributed by atoms with E-state index in [1.165, 1.54) is 16.9 Å². The number of carbonyl (C=O) groups is 1. The van der Waals surface area contributed by atoms with Crippen LogP contribution in [-0.4, -0.2) is 22.5 Å². The number of pyridine rings is 1. The molecule has 5 nitrogen and oxygen atoms in total. The summed E-state index contributed by atoms with van der Waals surface area (Å²) in [5.74, 6) is 0.536. The van der Waals surface area contributed by atoms with Crippen molar-refractivity contribution < 1.29 is 9.53 Å². The highest BCUT2D eigenvalue weighted by Gasteiger charge is 2.21. The van der Waals surface area contributed by atoms with E-state index < -0.39 is 0 Å². The molecule has 0 aliphatic carbocycles. The highest BCUT2D eigenvalue weighted by atomic mass is 32.1. The first kappa shape index (κ1) is 20.0. The third kappa shape index (κ3) is 4.49. The molecule has 0 saturated heterocycles. The molecule has 0 aliphatic heterocycles. The Morgan fingerprint density at radius 3 is 2.70 bits per heavy atom. The first-order valence-electron chi connectivity index (χ1n) is 9.76. The van der Waals surface area contributed by atoms with Crippen molar-refractivity contribution in [2.45, 2.75) is 27.3 Å². The summed E-state index contributed by atoms with van der Waals surface area (Å²) in [6, 6.07) is 15.7. The molecule has 0 atom stereocenters. The molecule has 0 saturated carbocycles. The molecule has 0 bridgehead atoms. The zero-order valence-electron chi connectivity index (χ0n) is 17.3. The van der Waals surface area contributed by atoms with E-state index in [1.807, 2.05) is 50.2 Å². The minimum Gasteiger partial charge on any atom is -0.484 e. The molecule has 0 N–H and O–H groups in total. The predicted octanol–water partition coefficient (Wildman–Crippen LogP) is 5.23. The van der Waals surface area contributed by atoms with Crippen molar-refractivity contribution >= 4 is 32.6 Å². The number of aromatic nitrogens is 2. The van der Waals surface area contributed by atoms with Crippen LogP contribution in [0, 0.1) is 20.8 Å². The maximum atomic E-state index is 13.2. The SMILES string of the molecule is Cc1cccc(OCC(=O)N(Cc2cccnc2)c2nc3c(C)cc(C)cc3s2)c1. The van der Waals surface area contributed by atoms with Gasteiger partial charge in [0.25, 0.3) is 5.91 Å². The van der Waals surface area contributed by atoms with Crippen LogP contribution in [0.5, 0.6) is 5.75 Å². The van der Waals surface area contributed by atoms with Crippen LogP contribution in [-0.2, 0) is 11.3 Å². The molecular weight excluding hydrogens is 394 g/mol. The van der Waals surface area contributed by atoms with Crippen LogP contribution < -0.4 is 9.64 Å². The minimum absolute atomic E-state index is 0.0579. The third-order valence-electron chi connectivity index (χ3n) is 4.77. The van der Waals surface area contributed by atoms with E-state index in [9.17, 15) is 4.79 Å². The van der Waals surface area contributed by atoms with Crippen molar-refractivity contribution in [2.75, 3.05) is 11.5 Å². The summed E-state index contributed by atoms with van der Waals surface area (Å²) in [6.45, 7) is 6.45. The van der Waals surface area contributed by atoms with Crippen molar-refractivity contribution in [1.29, 1.82) is 0 Å². The first-order valence-corrected chi connectivity index (χ1v) is 10.6. The van der Waals surface area contributed by atoms with Gasteiger partial charge in [0, 0.05) is 12.4 Å². The molecule has 30 heavy (non-hydrogen) atoms. The summed E-state index contributed by atoms with van der Waals surface area (Å²) in [7, 11) is 0. The minimum atomic E-state index is -0.145. The summed E-state index contributed by atoms with van der Waals surface area (Å²) in [4.78, 5) is 23.8. The average molecular weight is 418 g/mol. The Labute approximate surface area is 180 Å². The zero-order chi connectivity index (χ0) is 21.1. The smallest absolute Gasteiger partial charge is 0.267 e. The van der Waals surface area contributed by atoms with Gasteiger partial charge in [0.1, 0.15) is 5.75 Å². The molecule has 0 spiro atoms. The molecule has 4 rings (SSSR count). The number of carbonyl (C=O) groups excluding carboxylic acids is 1. The van der Waals surface area contributed by atoms with Gasteiger partial charge < -0.3 is 4.74 Å². The van der Waals surface area contributed by atoms with Crippen LogP contribution in [0.15, 0.2) is 60.9 Å². The number of hydrogen-bond acceptors (Lipinski definition) is 5. The number of nitrogens with zero attached hydrogens (tertiary/aromatic N) is 3. The van der Waals surface area contributed by atoms with Crippen molar-refractivity contribution in [3.63, 3.8) is 0 Å². The summed E-state index contributed by atoms with van der Waals surface area (Å²) in [5.41, 5.74) is 5.25. The Kier molecular flexibility index (Phi) is 5.77. The Morgan fingerprint density at radius 2 is 1.93 bits per heavy atom. The topological polar surface area (TPSA) is 55.3 Å². The van der Waals surface area contributed by atoms with Crippen LogP contribution in [0.2, 0.25) is 0 Å². The average Bonchev–Trinajstić information content (AvgIpc) is 3.15. The third-order valence-corrected chi connectivity index (χ3v) is 5.79. The second-order valence-electron chi connectivity index (χ2n) is 7.37. The van der Waals surface area contributed by atoms with Gasteiger partial charge in [-0.3, -0.25) is 14.7 Å². The van der Waals surface area contributed by atoms with Crippen molar-refractivity contribution in [3.05, 3.63) is 83.2 Å². The Bertz CT molecular complexity index is 1190. The second kappa shape index (κ2) is 8.63. The van der Waals surface area contributed by atoms with Crippen LogP contribution in [0.3, 0.4) is 0 Å². The van der Waals surface area contributed by atoms with Gasteiger partial charge in [-0.25, -0.2) is 4.98 Å². The van der Waals surface area contributed by atoms with Crippen molar-refractivity contribution in [3.8, 4) is 5.75 Å². The van der Waals surface area contributed by atoms with Gasteiger partial charge in [-0.05, 0) is 67.3 Å². The normalized spacial score (nSPS) is 10.9. The molecular formula is C24H23N3O2S. The van der Waals surface area contributed by atoms with E-state index in [0.717, 1.165) is 26.9 Å². The van der Waals surface area contributed by atoms with Gasteiger partial charge in [0.2, 0.25) is 0 Å². The van der Waals surface area contributed by atoms with Crippen molar-refractivity contribution in [2.24, 2.45) is 0 Å². The lowest BCUT2D eigenvalue weighted by atomic mass is 10.1. The molecule has 2 aromatic carbocycles. The summed E-state index contributed by atoms with van der Waals surface area (Å²) in [6.07, 6.45) is 3.49. The fourth-order valence-corrected chi connectivity index (χ4v) is 4.50. The van der Waals surface area contributed by atoms with Gasteiger partial charge in [-0.2, -0.15) is 0 Å². The fourth-order valence-electron chi connectivity index (χ4n) is 3.34. The zero-order valence-corrected chi connectivity index (χ0v) is 18.1. The van der Waals surface area contributed by atoms with E-state index in [4.69, 9.17) is 9.72 Å². The number of aryl methyl sites for hydroxylation is 3. The van der Waals surface area contributed by atoms with E-state index in [0.29, 0.717) is 17.4 Å². The molecule has 152 valence electrons. The Hall–Kier alpha value is -3.25. The number of anilines is 1. The lowest BCUT2D eigenvalue weighted by Crippen LogP contribution is -2.34. The van der Waals surface area contributed by atoms with Crippen molar-refractivity contribution in [1.82, 2.24) is 9.97 Å². The molecule has 6 heteroatoms. The quantitative estimate of drug-likeness (QED) is 0.431. The lowest BCUT2D eigenvalue weighted by molar-refractivity contribution is -0.120. The highest BCUT2D eigenvalue weighted by Crippen LogP contribution is 2.32. The molecule has 0 aliphatic rings.